The largest absolute Gasteiger partial charge is 0.310 e. The zero-order valence-corrected chi connectivity index (χ0v) is 11.6. The maximum absolute atomic E-state index is 4.57. The predicted octanol–water partition coefficient (Wildman–Crippen LogP) is 3.79. The molecule has 0 spiro atoms. The van der Waals surface area contributed by atoms with E-state index in [0.717, 1.165) is 11.8 Å². The first-order valence-electron chi connectivity index (χ1n) is 6.66. The van der Waals surface area contributed by atoms with Gasteiger partial charge in [0.1, 0.15) is 5.03 Å². The minimum atomic E-state index is 0.401. The van der Waals surface area contributed by atoms with Gasteiger partial charge in [0.15, 0.2) is 0 Å². The van der Waals surface area contributed by atoms with Gasteiger partial charge in [-0.1, -0.05) is 25.8 Å². The molecule has 1 aromatic heterocycles. The molecule has 0 aromatic carbocycles. The van der Waals surface area contributed by atoms with Crippen molar-refractivity contribution in [2.45, 2.75) is 55.8 Å². The summed E-state index contributed by atoms with van der Waals surface area (Å²) in [5.74, 6) is 0. The SMILES string of the molecule is CCNC(C)c1cccnc1SC1CCCC1. The number of hydrogen-bond acceptors (Lipinski definition) is 3. The Hall–Kier alpha value is -0.540. The Morgan fingerprint density at radius 3 is 2.94 bits per heavy atom. The highest BCUT2D eigenvalue weighted by molar-refractivity contribution is 7.99. The van der Waals surface area contributed by atoms with Gasteiger partial charge in [0.2, 0.25) is 0 Å². The number of pyridine rings is 1. The summed E-state index contributed by atoms with van der Waals surface area (Å²) < 4.78 is 0. The summed E-state index contributed by atoms with van der Waals surface area (Å²) >= 11 is 1.98. The molecule has 1 N–H and O–H groups in total. The lowest BCUT2D eigenvalue weighted by atomic mass is 10.1. The summed E-state index contributed by atoms with van der Waals surface area (Å²) in [5.41, 5.74) is 1.35. The summed E-state index contributed by atoms with van der Waals surface area (Å²) in [4.78, 5) is 4.57. The van der Waals surface area contributed by atoms with Gasteiger partial charge in [-0.15, -0.1) is 11.8 Å². The standard InChI is InChI=1S/C14H22N2S/c1-3-15-11(2)13-9-6-10-16-14(13)17-12-7-4-5-8-12/h6,9-12,15H,3-5,7-8H2,1-2H3. The molecule has 1 saturated carbocycles. The molecule has 2 rings (SSSR count). The van der Waals surface area contributed by atoms with Gasteiger partial charge in [-0.3, -0.25) is 0 Å². The summed E-state index contributed by atoms with van der Waals surface area (Å²) in [7, 11) is 0. The predicted molar refractivity (Wildman–Crippen MR) is 74.4 cm³/mol. The molecule has 1 atom stereocenters. The Balaban J connectivity index is 2.09. The fraction of sp³-hybridized carbons (Fsp3) is 0.643. The maximum Gasteiger partial charge on any atom is 0.101 e. The van der Waals surface area contributed by atoms with Crippen LogP contribution in [0.1, 0.15) is 51.1 Å². The van der Waals surface area contributed by atoms with Crippen molar-refractivity contribution in [3.05, 3.63) is 23.9 Å². The molecular weight excluding hydrogens is 228 g/mol. The van der Waals surface area contributed by atoms with Gasteiger partial charge in [-0.05, 0) is 32.4 Å². The lowest BCUT2D eigenvalue weighted by molar-refractivity contribution is 0.585. The highest BCUT2D eigenvalue weighted by atomic mass is 32.2. The number of nitrogens with zero attached hydrogens (tertiary/aromatic N) is 1. The molecule has 1 unspecified atom stereocenters. The molecule has 0 aliphatic heterocycles. The van der Waals surface area contributed by atoms with Gasteiger partial charge in [0.05, 0.1) is 0 Å². The molecule has 1 aliphatic rings. The molecule has 1 fully saturated rings. The van der Waals surface area contributed by atoms with Crippen LogP contribution < -0.4 is 5.32 Å². The van der Waals surface area contributed by atoms with Crippen molar-refractivity contribution in [2.75, 3.05) is 6.54 Å². The Labute approximate surface area is 109 Å². The first kappa shape index (κ1) is 12.9. The van der Waals surface area contributed by atoms with E-state index in [9.17, 15) is 0 Å². The van der Waals surface area contributed by atoms with E-state index in [1.54, 1.807) is 0 Å². The molecule has 94 valence electrons. The van der Waals surface area contributed by atoms with Crippen LogP contribution in [0.3, 0.4) is 0 Å². The second-order valence-electron chi connectivity index (χ2n) is 4.70. The lowest BCUT2D eigenvalue weighted by Gasteiger charge is -2.17. The molecule has 0 saturated heterocycles. The minimum Gasteiger partial charge on any atom is -0.310 e. The summed E-state index contributed by atoms with van der Waals surface area (Å²) in [6, 6.07) is 4.65. The van der Waals surface area contributed by atoms with E-state index in [-0.39, 0.29) is 0 Å². The average Bonchev–Trinajstić information content (AvgIpc) is 2.83. The van der Waals surface area contributed by atoms with E-state index in [1.165, 1.54) is 36.3 Å². The zero-order valence-electron chi connectivity index (χ0n) is 10.8. The van der Waals surface area contributed by atoms with Crippen molar-refractivity contribution in [1.29, 1.82) is 0 Å². The third-order valence-corrected chi connectivity index (χ3v) is 4.73. The van der Waals surface area contributed by atoms with Gasteiger partial charge in [-0.2, -0.15) is 0 Å². The third kappa shape index (κ3) is 3.46. The van der Waals surface area contributed by atoms with Crippen LogP contribution in [0, 0.1) is 0 Å². The third-order valence-electron chi connectivity index (χ3n) is 3.36. The van der Waals surface area contributed by atoms with Crippen molar-refractivity contribution in [1.82, 2.24) is 10.3 Å². The van der Waals surface area contributed by atoms with Gasteiger partial charge < -0.3 is 5.32 Å². The van der Waals surface area contributed by atoms with E-state index in [2.05, 4.69) is 30.2 Å². The van der Waals surface area contributed by atoms with Crippen LogP contribution in [0.5, 0.6) is 0 Å². The van der Waals surface area contributed by atoms with E-state index < -0.39 is 0 Å². The zero-order chi connectivity index (χ0) is 12.1. The smallest absolute Gasteiger partial charge is 0.101 e. The van der Waals surface area contributed by atoms with Crippen molar-refractivity contribution in [3.63, 3.8) is 0 Å². The molecule has 1 aliphatic carbocycles. The fourth-order valence-corrected chi connectivity index (χ4v) is 3.80. The monoisotopic (exact) mass is 250 g/mol. The van der Waals surface area contributed by atoms with E-state index in [1.807, 2.05) is 24.0 Å². The van der Waals surface area contributed by atoms with Crippen molar-refractivity contribution < 1.29 is 0 Å². The van der Waals surface area contributed by atoms with Crippen LogP contribution in [0.4, 0.5) is 0 Å². The van der Waals surface area contributed by atoms with Crippen molar-refractivity contribution in [3.8, 4) is 0 Å². The van der Waals surface area contributed by atoms with Crippen molar-refractivity contribution in [2.24, 2.45) is 0 Å². The molecule has 0 amide bonds. The topological polar surface area (TPSA) is 24.9 Å². The summed E-state index contributed by atoms with van der Waals surface area (Å²) in [6.07, 6.45) is 7.41. The van der Waals surface area contributed by atoms with Gasteiger partial charge in [-0.25, -0.2) is 4.98 Å². The number of rotatable bonds is 5. The van der Waals surface area contributed by atoms with Crippen LogP contribution in [0.2, 0.25) is 0 Å². The van der Waals surface area contributed by atoms with Gasteiger partial charge in [0, 0.05) is 23.1 Å². The summed E-state index contributed by atoms with van der Waals surface area (Å²) in [6.45, 7) is 5.37. The van der Waals surface area contributed by atoms with Crippen LogP contribution >= 0.6 is 11.8 Å². The Bertz CT molecular complexity index is 348. The molecule has 0 radical (unpaired) electrons. The van der Waals surface area contributed by atoms with Gasteiger partial charge >= 0.3 is 0 Å². The Morgan fingerprint density at radius 1 is 1.47 bits per heavy atom. The normalized spacial score (nSPS) is 18.5. The first-order chi connectivity index (χ1) is 8.31. The molecule has 1 heterocycles. The van der Waals surface area contributed by atoms with Crippen LogP contribution in [-0.2, 0) is 0 Å². The second kappa shape index (κ2) is 6.41. The Morgan fingerprint density at radius 2 is 2.24 bits per heavy atom. The van der Waals surface area contributed by atoms with E-state index >= 15 is 0 Å². The lowest BCUT2D eigenvalue weighted by Crippen LogP contribution is -2.18. The maximum atomic E-state index is 4.57. The molecule has 0 bridgehead atoms. The second-order valence-corrected chi connectivity index (χ2v) is 5.99. The molecule has 3 heteroatoms. The van der Waals surface area contributed by atoms with Gasteiger partial charge in [0.25, 0.3) is 0 Å². The van der Waals surface area contributed by atoms with E-state index in [0.29, 0.717) is 6.04 Å². The van der Waals surface area contributed by atoms with Crippen LogP contribution in [-0.4, -0.2) is 16.8 Å². The summed E-state index contributed by atoms with van der Waals surface area (Å²) in [5, 5.41) is 5.49. The molecule has 17 heavy (non-hydrogen) atoms. The first-order valence-corrected chi connectivity index (χ1v) is 7.54. The minimum absolute atomic E-state index is 0.401. The fourth-order valence-electron chi connectivity index (χ4n) is 2.41. The highest BCUT2D eigenvalue weighted by Gasteiger charge is 2.19. The number of aromatic nitrogens is 1. The molecule has 2 nitrogen and oxygen atoms in total. The highest BCUT2D eigenvalue weighted by Crippen LogP contribution is 2.36. The Kier molecular flexibility index (Phi) is 4.86. The van der Waals surface area contributed by atoms with Crippen LogP contribution in [0.25, 0.3) is 0 Å². The number of nitrogens with one attached hydrogen (secondary N) is 1. The molecule has 1 aromatic rings. The quantitative estimate of drug-likeness (QED) is 0.860. The van der Waals surface area contributed by atoms with Crippen LogP contribution in [0.15, 0.2) is 23.4 Å². The van der Waals surface area contributed by atoms with E-state index in [4.69, 9.17) is 0 Å². The van der Waals surface area contributed by atoms with Crippen molar-refractivity contribution >= 4 is 11.8 Å². The number of thioether (sulfide) groups is 1. The average molecular weight is 250 g/mol. The molecular formula is C14H22N2S. The number of hydrogen-bond donors (Lipinski definition) is 1.